The average molecular weight is 482 g/mol. The van der Waals surface area contributed by atoms with E-state index in [0.717, 1.165) is 18.6 Å². The van der Waals surface area contributed by atoms with Gasteiger partial charge in [-0.3, -0.25) is 0 Å². The summed E-state index contributed by atoms with van der Waals surface area (Å²) in [6.45, 7) is 14.2. The lowest BCUT2D eigenvalue weighted by Crippen LogP contribution is -2.36. The van der Waals surface area contributed by atoms with Gasteiger partial charge in [0.15, 0.2) is 5.82 Å². The van der Waals surface area contributed by atoms with E-state index in [2.05, 4.69) is 20.1 Å². The summed E-state index contributed by atoms with van der Waals surface area (Å²) in [6, 6.07) is 3.46. The van der Waals surface area contributed by atoms with Gasteiger partial charge in [-0.25, -0.2) is 19.6 Å². The van der Waals surface area contributed by atoms with Gasteiger partial charge in [-0.1, -0.05) is 11.6 Å². The van der Waals surface area contributed by atoms with E-state index in [9.17, 15) is 18.0 Å². The molecule has 1 fully saturated rings. The number of hydrogen-bond acceptors (Lipinski definition) is 5. The summed E-state index contributed by atoms with van der Waals surface area (Å²) in [5, 5.41) is 2.33. The highest BCUT2D eigenvalue weighted by atomic mass is 35.5. The monoisotopic (exact) mass is 481 g/mol. The fourth-order valence-electron chi connectivity index (χ4n) is 3.43. The largest absolute Gasteiger partial charge is 0.444 e. The Morgan fingerprint density at radius 2 is 2.09 bits per heavy atom. The number of nitrogens with one attached hydrogen (secondary N) is 1. The van der Waals surface area contributed by atoms with Crippen molar-refractivity contribution in [1.29, 1.82) is 0 Å². The second-order valence-electron chi connectivity index (χ2n) is 8.69. The van der Waals surface area contributed by atoms with E-state index in [-0.39, 0.29) is 23.0 Å². The Morgan fingerprint density at radius 1 is 1.36 bits per heavy atom. The molecule has 0 saturated carbocycles. The molecule has 11 heteroatoms. The van der Waals surface area contributed by atoms with Crippen molar-refractivity contribution < 1.29 is 22.7 Å². The summed E-state index contributed by atoms with van der Waals surface area (Å²) >= 11 is 5.71. The van der Waals surface area contributed by atoms with Crippen molar-refractivity contribution in [2.45, 2.75) is 39.0 Å². The summed E-state index contributed by atoms with van der Waals surface area (Å²) in [5.74, 6) is 0.509. The van der Waals surface area contributed by atoms with Crippen LogP contribution in [-0.4, -0.2) is 41.3 Å². The molecule has 1 aliphatic rings. The molecule has 1 aromatic carbocycles. The number of anilines is 1. The van der Waals surface area contributed by atoms with Gasteiger partial charge >= 0.3 is 12.3 Å². The van der Waals surface area contributed by atoms with Crippen LogP contribution in [0, 0.1) is 12.5 Å². The molecule has 33 heavy (non-hydrogen) atoms. The first kappa shape index (κ1) is 24.6. The predicted octanol–water partition coefficient (Wildman–Crippen LogP) is 5.72. The Morgan fingerprint density at radius 3 is 2.73 bits per heavy atom. The minimum Gasteiger partial charge on any atom is -0.444 e. The first-order valence-electron chi connectivity index (χ1n) is 10.2. The maximum atomic E-state index is 13.2. The second-order valence-corrected chi connectivity index (χ2v) is 9.10. The first-order valence-corrected chi connectivity index (χ1v) is 10.6. The van der Waals surface area contributed by atoms with E-state index in [4.69, 9.17) is 22.9 Å². The van der Waals surface area contributed by atoms with E-state index in [1.165, 1.54) is 12.3 Å². The number of alkyl carbamates (subject to hydrolysis) is 1. The quantitative estimate of drug-likeness (QED) is 0.566. The van der Waals surface area contributed by atoms with Gasteiger partial charge in [-0.05, 0) is 51.3 Å². The first-order chi connectivity index (χ1) is 15.4. The lowest BCUT2D eigenvalue weighted by Gasteiger charge is -2.21. The Labute approximate surface area is 194 Å². The molecular formula is C22H23ClF3N5O2. The number of rotatable bonds is 4. The molecule has 1 aliphatic heterocycles. The summed E-state index contributed by atoms with van der Waals surface area (Å²) in [7, 11) is 0. The second kappa shape index (κ2) is 9.43. The number of ether oxygens (including phenoxy) is 1. The van der Waals surface area contributed by atoms with Gasteiger partial charge in [0.05, 0.1) is 17.2 Å². The standard InChI is InChI=1S/C22H23ClF3N5O2/c1-21(2,3)33-20(32)29-10-13-7-8-31(12-13)19-17(27-4)11-28-18(30-19)14-5-6-16(23)15(9-14)22(24,25)26/h5-6,9,11,13H,7-8,10,12H2,1-3H3,(H,29,32). The lowest BCUT2D eigenvalue weighted by atomic mass is 10.1. The number of hydrogen-bond donors (Lipinski definition) is 1. The third-order valence-electron chi connectivity index (χ3n) is 4.92. The summed E-state index contributed by atoms with van der Waals surface area (Å²) in [5.41, 5.74) is -1.23. The van der Waals surface area contributed by atoms with Crippen LogP contribution in [0.1, 0.15) is 32.8 Å². The topological polar surface area (TPSA) is 71.7 Å². The van der Waals surface area contributed by atoms with Gasteiger partial charge in [0.1, 0.15) is 11.4 Å². The molecule has 1 aromatic heterocycles. The minimum atomic E-state index is -4.62. The van der Waals surface area contributed by atoms with Crippen LogP contribution in [0.15, 0.2) is 24.4 Å². The van der Waals surface area contributed by atoms with E-state index >= 15 is 0 Å². The molecule has 1 unspecified atom stereocenters. The summed E-state index contributed by atoms with van der Waals surface area (Å²) < 4.78 is 45.0. The zero-order chi connectivity index (χ0) is 24.4. The molecule has 3 rings (SSSR count). The van der Waals surface area contributed by atoms with Gasteiger partial charge in [0, 0.05) is 31.4 Å². The highest BCUT2D eigenvalue weighted by Crippen LogP contribution is 2.38. The van der Waals surface area contributed by atoms with Crippen molar-refractivity contribution in [3.8, 4) is 11.4 Å². The van der Waals surface area contributed by atoms with Crippen LogP contribution < -0.4 is 10.2 Å². The number of carbonyl (C=O) groups excluding carboxylic acids is 1. The van der Waals surface area contributed by atoms with E-state index in [1.54, 1.807) is 20.8 Å². The Hall–Kier alpha value is -3.06. The Kier molecular flexibility index (Phi) is 7.03. The van der Waals surface area contributed by atoms with Crippen molar-refractivity contribution in [1.82, 2.24) is 15.3 Å². The van der Waals surface area contributed by atoms with E-state index < -0.39 is 28.5 Å². The molecule has 0 aliphatic carbocycles. The van der Waals surface area contributed by atoms with E-state index in [1.807, 2.05) is 4.90 Å². The van der Waals surface area contributed by atoms with Gasteiger partial charge in [0.2, 0.25) is 5.69 Å². The van der Waals surface area contributed by atoms with Crippen molar-refractivity contribution >= 4 is 29.2 Å². The van der Waals surface area contributed by atoms with Crippen LogP contribution in [0.25, 0.3) is 16.2 Å². The molecule has 2 heterocycles. The highest BCUT2D eigenvalue weighted by Gasteiger charge is 2.34. The van der Waals surface area contributed by atoms with Crippen molar-refractivity contribution in [3.63, 3.8) is 0 Å². The Bertz CT molecular complexity index is 1080. The number of carbonyl (C=O) groups is 1. The molecule has 7 nitrogen and oxygen atoms in total. The smallest absolute Gasteiger partial charge is 0.417 e. The van der Waals surface area contributed by atoms with Crippen LogP contribution in [0.3, 0.4) is 0 Å². The minimum absolute atomic E-state index is 0.0647. The van der Waals surface area contributed by atoms with Crippen molar-refractivity contribution in [2.75, 3.05) is 24.5 Å². The molecule has 0 bridgehead atoms. The number of nitrogens with zero attached hydrogens (tertiary/aromatic N) is 4. The molecule has 0 radical (unpaired) electrons. The number of alkyl halides is 3. The molecule has 1 amide bonds. The SMILES string of the molecule is [C-]#[N+]c1cnc(-c2ccc(Cl)c(C(F)(F)F)c2)nc1N1CCC(CNC(=O)OC(C)(C)C)C1. The van der Waals surface area contributed by atoms with E-state index in [0.29, 0.717) is 25.5 Å². The molecule has 2 aromatic rings. The predicted molar refractivity (Wildman–Crippen MR) is 118 cm³/mol. The van der Waals surface area contributed by atoms with Crippen LogP contribution in [-0.2, 0) is 10.9 Å². The third-order valence-corrected chi connectivity index (χ3v) is 5.25. The molecular weight excluding hydrogens is 459 g/mol. The fourth-order valence-corrected chi connectivity index (χ4v) is 3.66. The maximum absolute atomic E-state index is 13.2. The molecule has 1 saturated heterocycles. The van der Waals surface area contributed by atoms with Crippen LogP contribution in [0.5, 0.6) is 0 Å². The zero-order valence-corrected chi connectivity index (χ0v) is 19.1. The number of amides is 1. The molecule has 1 atom stereocenters. The van der Waals surface area contributed by atoms with Crippen LogP contribution >= 0.6 is 11.6 Å². The Balaban J connectivity index is 1.78. The van der Waals surface area contributed by atoms with Crippen molar-refractivity contribution in [3.05, 3.63) is 46.4 Å². The number of benzene rings is 1. The van der Waals surface area contributed by atoms with Crippen molar-refractivity contribution in [2.24, 2.45) is 5.92 Å². The van der Waals surface area contributed by atoms with Gasteiger partial charge < -0.3 is 15.0 Å². The highest BCUT2D eigenvalue weighted by molar-refractivity contribution is 6.31. The van der Waals surface area contributed by atoms with Crippen LogP contribution in [0.2, 0.25) is 5.02 Å². The molecule has 0 spiro atoms. The van der Waals surface area contributed by atoms with Gasteiger partial charge in [0.25, 0.3) is 0 Å². The summed E-state index contributed by atoms with van der Waals surface area (Å²) in [4.78, 5) is 25.7. The summed E-state index contributed by atoms with van der Waals surface area (Å²) in [6.07, 6.45) is -3.07. The van der Waals surface area contributed by atoms with Gasteiger partial charge in [-0.15, -0.1) is 0 Å². The maximum Gasteiger partial charge on any atom is 0.417 e. The normalized spacial score (nSPS) is 16.4. The number of aromatic nitrogens is 2. The third kappa shape index (κ3) is 6.26. The lowest BCUT2D eigenvalue weighted by molar-refractivity contribution is -0.137. The average Bonchev–Trinajstić information content (AvgIpc) is 3.19. The number of halogens is 4. The fraction of sp³-hybridized carbons (Fsp3) is 0.455. The molecule has 176 valence electrons. The molecule has 1 N–H and O–H groups in total. The van der Waals surface area contributed by atoms with Gasteiger partial charge in [-0.2, -0.15) is 13.2 Å². The van der Waals surface area contributed by atoms with Crippen LogP contribution in [0.4, 0.5) is 29.5 Å². The zero-order valence-electron chi connectivity index (χ0n) is 18.3.